The van der Waals surface area contributed by atoms with Crippen LogP contribution in [0.4, 0.5) is 0 Å². The maximum Gasteiger partial charge on any atom is 0.272 e. The molecule has 29 heavy (non-hydrogen) atoms. The van der Waals surface area contributed by atoms with Gasteiger partial charge in [0, 0.05) is 23.1 Å². The summed E-state index contributed by atoms with van der Waals surface area (Å²) in [5.74, 6) is 0.288. The third kappa shape index (κ3) is 4.29. The van der Waals surface area contributed by atoms with Gasteiger partial charge in [0.25, 0.3) is 11.8 Å². The van der Waals surface area contributed by atoms with E-state index in [2.05, 4.69) is 5.43 Å². The number of hydrogen-bond acceptors (Lipinski definition) is 3. The molecule has 0 saturated heterocycles. The lowest BCUT2D eigenvalue weighted by atomic mass is 9.95. The lowest BCUT2D eigenvalue weighted by molar-refractivity contribution is 0.0358. The van der Waals surface area contributed by atoms with E-state index in [9.17, 15) is 9.59 Å². The second kappa shape index (κ2) is 7.21. The number of hydrazine groups is 1. The Morgan fingerprint density at radius 2 is 1.79 bits per heavy atom. The average Bonchev–Trinajstić information content (AvgIpc) is 2.93. The zero-order valence-corrected chi connectivity index (χ0v) is 18.3. The van der Waals surface area contributed by atoms with Crippen molar-refractivity contribution in [1.29, 1.82) is 0 Å². The van der Waals surface area contributed by atoms with E-state index in [0.29, 0.717) is 11.1 Å². The van der Waals surface area contributed by atoms with Gasteiger partial charge in [-0.3, -0.25) is 15.0 Å². The van der Waals surface area contributed by atoms with Crippen LogP contribution in [0.3, 0.4) is 0 Å². The van der Waals surface area contributed by atoms with Gasteiger partial charge in [0.2, 0.25) is 0 Å². The number of aryl methyl sites for hydroxylation is 1. The first kappa shape index (κ1) is 20.9. The third-order valence-electron chi connectivity index (χ3n) is 5.14. The molecule has 2 amide bonds. The summed E-state index contributed by atoms with van der Waals surface area (Å²) in [6.45, 7) is 13.6. The van der Waals surface area contributed by atoms with Crippen LogP contribution in [0.25, 0.3) is 0 Å². The molecule has 1 N–H and O–H groups in total. The summed E-state index contributed by atoms with van der Waals surface area (Å²) >= 11 is 0. The minimum Gasteiger partial charge on any atom is -0.487 e. The molecule has 1 aliphatic heterocycles. The van der Waals surface area contributed by atoms with Crippen molar-refractivity contribution in [1.82, 2.24) is 10.4 Å². The summed E-state index contributed by atoms with van der Waals surface area (Å²) in [6.07, 6.45) is 0.750. The summed E-state index contributed by atoms with van der Waals surface area (Å²) in [6, 6.07) is 11.0. The smallest absolute Gasteiger partial charge is 0.272 e. The SMILES string of the molecule is Cc1cccc(C(=O)N(NC(=O)c2ccc3c(c2C)CC(C)(C)O3)C(C)(C)C)c1. The largest absolute Gasteiger partial charge is 0.487 e. The van der Waals surface area contributed by atoms with Gasteiger partial charge in [-0.05, 0) is 78.3 Å². The second-order valence-corrected chi connectivity index (χ2v) is 9.38. The molecule has 3 rings (SSSR count). The van der Waals surface area contributed by atoms with Crippen LogP contribution in [-0.4, -0.2) is 28.0 Å². The minimum atomic E-state index is -0.591. The van der Waals surface area contributed by atoms with E-state index in [-0.39, 0.29) is 17.4 Å². The number of amides is 2. The zero-order chi connectivity index (χ0) is 21.6. The van der Waals surface area contributed by atoms with Crippen molar-refractivity contribution in [2.24, 2.45) is 0 Å². The fourth-order valence-corrected chi connectivity index (χ4v) is 3.64. The van der Waals surface area contributed by atoms with E-state index in [0.717, 1.165) is 28.9 Å². The standard InChI is InChI=1S/C24H30N2O3/c1-15-9-8-10-17(13-15)22(28)26(23(3,4)5)25-21(27)18-11-12-20-19(16(18)2)14-24(6,7)29-20/h8-13H,14H2,1-7H3,(H,25,27). The van der Waals surface area contributed by atoms with Crippen molar-refractivity contribution >= 4 is 11.8 Å². The summed E-state index contributed by atoms with van der Waals surface area (Å²) in [5, 5.41) is 1.41. The number of ether oxygens (including phenoxy) is 1. The molecular formula is C24H30N2O3. The van der Waals surface area contributed by atoms with Gasteiger partial charge < -0.3 is 4.74 Å². The van der Waals surface area contributed by atoms with E-state index < -0.39 is 5.54 Å². The topological polar surface area (TPSA) is 58.6 Å². The molecule has 0 fully saturated rings. The lowest BCUT2D eigenvalue weighted by Gasteiger charge is -2.35. The number of nitrogens with one attached hydrogen (secondary N) is 1. The van der Waals surface area contributed by atoms with Crippen molar-refractivity contribution in [2.45, 2.75) is 66.0 Å². The van der Waals surface area contributed by atoms with Gasteiger partial charge in [-0.1, -0.05) is 17.7 Å². The maximum atomic E-state index is 13.2. The first-order valence-electron chi connectivity index (χ1n) is 9.93. The van der Waals surface area contributed by atoms with E-state index in [1.54, 1.807) is 12.1 Å². The number of carbonyl (C=O) groups is 2. The molecule has 1 aliphatic rings. The molecule has 0 aromatic heterocycles. The summed E-state index contributed by atoms with van der Waals surface area (Å²) in [7, 11) is 0. The summed E-state index contributed by atoms with van der Waals surface area (Å²) in [4.78, 5) is 26.3. The Hall–Kier alpha value is -2.82. The molecule has 0 saturated carbocycles. The third-order valence-corrected chi connectivity index (χ3v) is 5.14. The molecule has 1 heterocycles. The Labute approximate surface area is 173 Å². The first-order valence-corrected chi connectivity index (χ1v) is 9.93. The molecular weight excluding hydrogens is 364 g/mol. The molecule has 0 bridgehead atoms. The highest BCUT2D eigenvalue weighted by atomic mass is 16.5. The highest BCUT2D eigenvalue weighted by Crippen LogP contribution is 2.38. The Morgan fingerprint density at radius 3 is 2.41 bits per heavy atom. The van der Waals surface area contributed by atoms with Crippen molar-refractivity contribution < 1.29 is 14.3 Å². The maximum absolute atomic E-state index is 13.2. The van der Waals surface area contributed by atoms with Crippen LogP contribution in [-0.2, 0) is 6.42 Å². The van der Waals surface area contributed by atoms with E-state index >= 15 is 0 Å². The second-order valence-electron chi connectivity index (χ2n) is 9.38. The van der Waals surface area contributed by atoms with Crippen LogP contribution >= 0.6 is 0 Å². The van der Waals surface area contributed by atoms with Gasteiger partial charge in [-0.25, -0.2) is 5.01 Å². The van der Waals surface area contributed by atoms with Crippen molar-refractivity contribution in [3.05, 3.63) is 64.2 Å². The zero-order valence-electron chi connectivity index (χ0n) is 18.3. The first-order chi connectivity index (χ1) is 13.4. The van der Waals surface area contributed by atoms with Crippen molar-refractivity contribution in [3.63, 3.8) is 0 Å². The number of carbonyl (C=O) groups excluding carboxylic acids is 2. The Morgan fingerprint density at radius 1 is 1.10 bits per heavy atom. The highest BCUT2D eigenvalue weighted by Gasteiger charge is 2.34. The summed E-state index contributed by atoms with van der Waals surface area (Å²) < 4.78 is 5.96. The van der Waals surface area contributed by atoms with Crippen LogP contribution in [0.2, 0.25) is 0 Å². The van der Waals surface area contributed by atoms with Crippen LogP contribution in [0.5, 0.6) is 5.75 Å². The molecule has 154 valence electrons. The normalized spacial score (nSPS) is 14.7. The van der Waals surface area contributed by atoms with Crippen LogP contribution in [0.1, 0.15) is 72.0 Å². The van der Waals surface area contributed by atoms with Crippen LogP contribution in [0.15, 0.2) is 36.4 Å². The lowest BCUT2D eigenvalue weighted by Crippen LogP contribution is -2.56. The molecule has 0 unspecified atom stereocenters. The molecule has 5 heteroatoms. The predicted octanol–water partition coefficient (Wildman–Crippen LogP) is 4.60. The van der Waals surface area contributed by atoms with Crippen LogP contribution in [0, 0.1) is 13.8 Å². The van der Waals surface area contributed by atoms with Gasteiger partial charge in [0.1, 0.15) is 11.4 Å². The fraction of sp³-hybridized carbons (Fsp3) is 0.417. The molecule has 0 spiro atoms. The number of rotatable bonds is 2. The van der Waals surface area contributed by atoms with E-state index in [4.69, 9.17) is 4.74 Å². The Bertz CT molecular complexity index is 971. The van der Waals surface area contributed by atoms with Gasteiger partial charge in [0.05, 0.1) is 5.54 Å². The van der Waals surface area contributed by atoms with Crippen molar-refractivity contribution in [3.8, 4) is 5.75 Å². The molecule has 0 atom stereocenters. The molecule has 0 aliphatic carbocycles. The number of hydrogen-bond donors (Lipinski definition) is 1. The number of fused-ring (bicyclic) bond motifs is 1. The summed E-state index contributed by atoms with van der Waals surface area (Å²) in [5.41, 5.74) is 6.01. The molecule has 2 aromatic rings. The molecule has 2 aromatic carbocycles. The fourth-order valence-electron chi connectivity index (χ4n) is 3.64. The van der Waals surface area contributed by atoms with Gasteiger partial charge in [0.15, 0.2) is 0 Å². The van der Waals surface area contributed by atoms with Gasteiger partial charge >= 0.3 is 0 Å². The average molecular weight is 395 g/mol. The van der Waals surface area contributed by atoms with E-state index in [1.165, 1.54) is 5.01 Å². The predicted molar refractivity (Wildman–Crippen MR) is 114 cm³/mol. The van der Waals surface area contributed by atoms with Crippen molar-refractivity contribution in [2.75, 3.05) is 0 Å². The van der Waals surface area contributed by atoms with Gasteiger partial charge in [-0.2, -0.15) is 0 Å². The number of benzene rings is 2. The quantitative estimate of drug-likeness (QED) is 0.757. The highest BCUT2D eigenvalue weighted by molar-refractivity contribution is 6.00. The Balaban J connectivity index is 1.90. The van der Waals surface area contributed by atoms with Gasteiger partial charge in [-0.15, -0.1) is 0 Å². The molecule has 0 radical (unpaired) electrons. The molecule has 5 nitrogen and oxygen atoms in total. The number of nitrogens with zero attached hydrogens (tertiary/aromatic N) is 1. The van der Waals surface area contributed by atoms with E-state index in [1.807, 2.05) is 72.7 Å². The monoisotopic (exact) mass is 394 g/mol. The minimum absolute atomic E-state index is 0.238. The van der Waals surface area contributed by atoms with Crippen LogP contribution < -0.4 is 10.2 Å². The Kier molecular flexibility index (Phi) is 5.20.